The molecule has 0 N–H and O–H groups in total. The number of aromatic nitrogens is 5. The Morgan fingerprint density at radius 1 is 1.30 bits per heavy atom. The third kappa shape index (κ3) is 2.16. The fraction of sp³-hybridized carbons (Fsp3) is 0.462. The summed E-state index contributed by atoms with van der Waals surface area (Å²) in [6.45, 7) is 0. The third-order valence-electron chi connectivity index (χ3n) is 4.11. The summed E-state index contributed by atoms with van der Waals surface area (Å²) in [5.41, 5.74) is 0. The molecule has 3 aromatic heterocycles. The first-order chi connectivity index (χ1) is 11.2. The van der Waals surface area contributed by atoms with E-state index in [0.717, 1.165) is 36.7 Å². The molecule has 2 saturated carbocycles. The van der Waals surface area contributed by atoms with Crippen molar-refractivity contribution in [3.05, 3.63) is 27.5 Å². The van der Waals surface area contributed by atoms with Crippen LogP contribution in [0.5, 0.6) is 0 Å². The molecule has 0 bridgehead atoms. The van der Waals surface area contributed by atoms with Crippen LogP contribution in [0.2, 0.25) is 0 Å². The fourth-order valence-corrected chi connectivity index (χ4v) is 4.49. The smallest absolute Gasteiger partial charge is 0.358 e. The van der Waals surface area contributed by atoms with E-state index in [1.165, 1.54) is 27.5 Å². The number of rotatable bonds is 5. The lowest BCUT2D eigenvalue weighted by Gasteiger charge is -2.06. The van der Waals surface area contributed by atoms with Crippen molar-refractivity contribution in [2.45, 2.75) is 47.8 Å². The molecule has 10 heteroatoms. The molecule has 2 aliphatic carbocycles. The molecule has 3 heterocycles. The summed E-state index contributed by atoms with van der Waals surface area (Å²) in [6, 6.07) is 0.450. The van der Waals surface area contributed by atoms with Gasteiger partial charge >= 0.3 is 5.82 Å². The number of nitro groups is 1. The van der Waals surface area contributed by atoms with Crippen LogP contribution in [0, 0.1) is 10.1 Å². The molecule has 2 fully saturated rings. The first kappa shape index (κ1) is 13.5. The van der Waals surface area contributed by atoms with Crippen LogP contribution in [0.25, 0.3) is 4.96 Å². The van der Waals surface area contributed by atoms with Crippen LogP contribution in [0.1, 0.15) is 43.5 Å². The van der Waals surface area contributed by atoms with Crippen LogP contribution < -0.4 is 0 Å². The third-order valence-corrected chi connectivity index (χ3v) is 5.80. The van der Waals surface area contributed by atoms with Gasteiger partial charge in [-0.15, -0.1) is 10.2 Å². The molecule has 5 rings (SSSR count). The highest BCUT2D eigenvalue weighted by molar-refractivity contribution is 7.99. The number of thiazole rings is 1. The molecular formula is C13H12N6O2S2. The van der Waals surface area contributed by atoms with Gasteiger partial charge in [0.2, 0.25) is 5.03 Å². The van der Waals surface area contributed by atoms with Gasteiger partial charge in [0.1, 0.15) is 12.0 Å². The van der Waals surface area contributed by atoms with Crippen LogP contribution in [0.4, 0.5) is 5.82 Å². The van der Waals surface area contributed by atoms with Crippen LogP contribution in [-0.4, -0.2) is 29.1 Å². The summed E-state index contributed by atoms with van der Waals surface area (Å²) < 4.78 is 3.70. The van der Waals surface area contributed by atoms with Crippen molar-refractivity contribution in [3.63, 3.8) is 0 Å². The first-order valence-corrected chi connectivity index (χ1v) is 9.14. The average molecular weight is 348 g/mol. The molecule has 0 spiro atoms. The summed E-state index contributed by atoms with van der Waals surface area (Å²) in [6.07, 6.45) is 6.26. The van der Waals surface area contributed by atoms with Gasteiger partial charge in [-0.1, -0.05) is 11.3 Å². The van der Waals surface area contributed by atoms with E-state index < -0.39 is 0 Å². The van der Waals surface area contributed by atoms with E-state index >= 15 is 0 Å². The minimum Gasteiger partial charge on any atom is -0.358 e. The summed E-state index contributed by atoms with van der Waals surface area (Å²) in [5.74, 6) is 1.56. The highest BCUT2D eigenvalue weighted by Crippen LogP contribution is 2.47. The van der Waals surface area contributed by atoms with E-state index in [0.29, 0.717) is 21.9 Å². The van der Waals surface area contributed by atoms with E-state index in [4.69, 9.17) is 0 Å². The van der Waals surface area contributed by atoms with E-state index in [9.17, 15) is 10.1 Å². The number of hydrogen-bond donors (Lipinski definition) is 0. The van der Waals surface area contributed by atoms with Crippen molar-refractivity contribution >= 4 is 33.9 Å². The Hall–Kier alpha value is -1.94. The molecule has 23 heavy (non-hydrogen) atoms. The van der Waals surface area contributed by atoms with Gasteiger partial charge in [0.25, 0.3) is 4.96 Å². The predicted octanol–water partition coefficient (Wildman–Crippen LogP) is 3.26. The number of imidazole rings is 1. The van der Waals surface area contributed by atoms with E-state index in [2.05, 4.69) is 19.7 Å². The van der Waals surface area contributed by atoms with Crippen molar-refractivity contribution in [2.75, 3.05) is 0 Å². The van der Waals surface area contributed by atoms with Gasteiger partial charge in [-0.25, -0.2) is 0 Å². The fourth-order valence-electron chi connectivity index (χ4n) is 2.73. The van der Waals surface area contributed by atoms with Gasteiger partial charge in [-0.2, -0.15) is 9.38 Å². The van der Waals surface area contributed by atoms with Gasteiger partial charge in [0.05, 0.1) is 0 Å². The SMILES string of the molecule is O=[N+]([O-])c1c(Sc2nnc(C3CC3)n2C2CC2)nc2sccn12. The normalized spacial score (nSPS) is 17.9. The lowest BCUT2D eigenvalue weighted by Crippen LogP contribution is -2.02. The summed E-state index contributed by atoms with van der Waals surface area (Å²) in [5, 5.41) is 23.0. The Morgan fingerprint density at radius 3 is 2.83 bits per heavy atom. The highest BCUT2D eigenvalue weighted by atomic mass is 32.2. The number of nitrogens with zero attached hydrogens (tertiary/aromatic N) is 6. The molecule has 0 radical (unpaired) electrons. The molecule has 0 saturated heterocycles. The zero-order chi connectivity index (χ0) is 15.6. The molecule has 0 amide bonds. The molecule has 2 aliphatic rings. The lowest BCUT2D eigenvalue weighted by atomic mass is 10.4. The van der Waals surface area contributed by atoms with Crippen LogP contribution in [0.15, 0.2) is 21.8 Å². The second-order valence-electron chi connectivity index (χ2n) is 5.87. The van der Waals surface area contributed by atoms with Crippen molar-refractivity contribution in [2.24, 2.45) is 0 Å². The Morgan fingerprint density at radius 2 is 2.13 bits per heavy atom. The Bertz CT molecular complexity index is 920. The maximum Gasteiger partial charge on any atom is 0.363 e. The largest absolute Gasteiger partial charge is 0.363 e. The average Bonchev–Trinajstić information content (AvgIpc) is 3.41. The van der Waals surface area contributed by atoms with Crippen LogP contribution in [0.3, 0.4) is 0 Å². The van der Waals surface area contributed by atoms with Crippen LogP contribution in [-0.2, 0) is 0 Å². The standard InChI is InChI=1S/C13H12N6O2S2/c20-19(21)11-10(14-12-17(11)5-6-22-12)23-13-16-15-9(7-1-2-7)18(13)8-3-4-8/h5-8H,1-4H2. The van der Waals surface area contributed by atoms with E-state index in [1.54, 1.807) is 11.6 Å². The van der Waals surface area contributed by atoms with Gasteiger partial charge in [0.15, 0.2) is 5.16 Å². The van der Waals surface area contributed by atoms with E-state index in [-0.39, 0.29) is 10.7 Å². The molecule has 8 nitrogen and oxygen atoms in total. The van der Waals surface area contributed by atoms with Crippen LogP contribution >= 0.6 is 23.1 Å². The van der Waals surface area contributed by atoms with Crippen molar-refractivity contribution < 1.29 is 4.92 Å². The van der Waals surface area contributed by atoms with Crippen molar-refractivity contribution in [1.29, 1.82) is 0 Å². The van der Waals surface area contributed by atoms with Crippen molar-refractivity contribution in [3.8, 4) is 0 Å². The molecular weight excluding hydrogens is 336 g/mol. The molecule has 0 atom stereocenters. The summed E-state index contributed by atoms with van der Waals surface area (Å²) >= 11 is 2.64. The molecule has 0 aliphatic heterocycles. The monoisotopic (exact) mass is 348 g/mol. The Balaban J connectivity index is 1.58. The number of hydrogen-bond acceptors (Lipinski definition) is 7. The second kappa shape index (κ2) is 4.78. The molecule has 3 aromatic rings. The first-order valence-electron chi connectivity index (χ1n) is 7.45. The van der Waals surface area contributed by atoms with Crippen molar-refractivity contribution in [1.82, 2.24) is 24.1 Å². The predicted molar refractivity (Wildman–Crippen MR) is 84.1 cm³/mol. The Labute approximate surface area is 138 Å². The highest BCUT2D eigenvalue weighted by Gasteiger charge is 2.37. The zero-order valence-corrected chi connectivity index (χ0v) is 13.6. The zero-order valence-electron chi connectivity index (χ0n) is 12.0. The lowest BCUT2D eigenvalue weighted by molar-refractivity contribution is -0.393. The molecule has 118 valence electrons. The maximum atomic E-state index is 11.4. The number of fused-ring (bicyclic) bond motifs is 1. The maximum absolute atomic E-state index is 11.4. The summed E-state index contributed by atoms with van der Waals surface area (Å²) in [4.78, 5) is 16.1. The minimum absolute atomic E-state index is 0.00423. The minimum atomic E-state index is -0.380. The van der Waals surface area contributed by atoms with Gasteiger partial charge in [-0.3, -0.25) is 0 Å². The van der Waals surface area contributed by atoms with Gasteiger partial charge in [-0.05, 0) is 42.4 Å². The summed E-state index contributed by atoms with van der Waals surface area (Å²) in [7, 11) is 0. The van der Waals surface area contributed by atoms with Gasteiger partial charge < -0.3 is 14.7 Å². The second-order valence-corrected chi connectivity index (χ2v) is 7.70. The Kier molecular flexibility index (Phi) is 2.80. The quantitative estimate of drug-likeness (QED) is 0.519. The molecule has 0 aromatic carbocycles. The topological polar surface area (TPSA) is 91.1 Å². The van der Waals surface area contributed by atoms with Gasteiger partial charge in [0, 0.05) is 17.3 Å². The van der Waals surface area contributed by atoms with E-state index in [1.807, 2.05) is 0 Å². The molecule has 0 unspecified atom stereocenters.